The second-order valence-electron chi connectivity index (χ2n) is 7.75. The summed E-state index contributed by atoms with van der Waals surface area (Å²) in [6, 6.07) is 10.8. The number of thioether (sulfide) groups is 1. The van der Waals surface area contributed by atoms with Crippen molar-refractivity contribution in [3.8, 4) is 0 Å². The van der Waals surface area contributed by atoms with Crippen LogP contribution in [0.3, 0.4) is 0 Å². The van der Waals surface area contributed by atoms with E-state index >= 15 is 0 Å². The number of thiazole rings is 1. The van der Waals surface area contributed by atoms with Crippen molar-refractivity contribution >= 4 is 40.1 Å². The molecule has 0 saturated heterocycles. The van der Waals surface area contributed by atoms with E-state index in [0.717, 1.165) is 10.6 Å². The highest BCUT2D eigenvalue weighted by molar-refractivity contribution is 8.01. The molecule has 1 amide bonds. The Bertz CT molecular complexity index is 801. The maximum absolute atomic E-state index is 12.3. The predicted octanol–water partition coefficient (Wildman–Crippen LogP) is 5.65. The second kappa shape index (κ2) is 10.8. The number of carboxylic acids is 1. The van der Waals surface area contributed by atoms with Crippen molar-refractivity contribution in [1.82, 2.24) is 4.98 Å². The number of aromatic nitrogens is 1. The van der Waals surface area contributed by atoms with E-state index in [-0.39, 0.29) is 11.7 Å². The molecule has 156 valence electrons. The lowest BCUT2D eigenvalue weighted by molar-refractivity contribution is -0.133. The van der Waals surface area contributed by atoms with Gasteiger partial charge in [0, 0.05) is 6.42 Å². The summed E-state index contributed by atoms with van der Waals surface area (Å²) in [4.78, 5) is 27.0. The molecule has 1 aliphatic carbocycles. The molecule has 2 N–H and O–H groups in total. The van der Waals surface area contributed by atoms with Crippen molar-refractivity contribution < 1.29 is 14.7 Å². The zero-order valence-electron chi connectivity index (χ0n) is 16.7. The standard InChI is InChI=1S/C22H28N2O3S2/c1-15(16-8-10-18(11-9-16)17-5-3-2-4-6-17)7-12-19(25)24-22-23-13-21(29-22)28-14-20(26)27/h2-6,13,15-16,18H,7-12,14H2,1H3,(H,26,27)(H,23,24,25). The van der Waals surface area contributed by atoms with Gasteiger partial charge in [-0.2, -0.15) is 0 Å². The molecule has 1 atom stereocenters. The Morgan fingerprint density at radius 1 is 1.24 bits per heavy atom. The highest BCUT2D eigenvalue weighted by Crippen LogP contribution is 2.39. The van der Waals surface area contributed by atoms with E-state index in [9.17, 15) is 9.59 Å². The molecule has 5 nitrogen and oxygen atoms in total. The van der Waals surface area contributed by atoms with E-state index in [4.69, 9.17) is 5.11 Å². The average Bonchev–Trinajstić information content (AvgIpc) is 3.18. The van der Waals surface area contributed by atoms with Crippen molar-refractivity contribution in [3.05, 3.63) is 42.1 Å². The normalized spacial score (nSPS) is 20.2. The molecule has 0 bridgehead atoms. The van der Waals surface area contributed by atoms with Crippen LogP contribution in [0.2, 0.25) is 0 Å². The van der Waals surface area contributed by atoms with Crippen molar-refractivity contribution in [3.63, 3.8) is 0 Å². The smallest absolute Gasteiger partial charge is 0.313 e. The van der Waals surface area contributed by atoms with Gasteiger partial charge in [-0.05, 0) is 55.4 Å². The third kappa shape index (κ3) is 6.85. The molecule has 7 heteroatoms. The molecule has 1 unspecified atom stereocenters. The molecule has 0 radical (unpaired) electrons. The van der Waals surface area contributed by atoms with Crippen LogP contribution >= 0.6 is 23.1 Å². The quantitative estimate of drug-likeness (QED) is 0.501. The molecule has 1 fully saturated rings. The fourth-order valence-corrected chi connectivity index (χ4v) is 5.65. The first-order valence-corrected chi connectivity index (χ1v) is 12.0. The van der Waals surface area contributed by atoms with Gasteiger partial charge in [0.15, 0.2) is 5.13 Å². The van der Waals surface area contributed by atoms with Gasteiger partial charge in [0.25, 0.3) is 0 Å². The van der Waals surface area contributed by atoms with Crippen molar-refractivity contribution in [2.75, 3.05) is 11.1 Å². The van der Waals surface area contributed by atoms with Gasteiger partial charge in [0.1, 0.15) is 0 Å². The number of hydrogen-bond donors (Lipinski definition) is 2. The van der Waals surface area contributed by atoms with Crippen LogP contribution in [0.15, 0.2) is 40.7 Å². The van der Waals surface area contributed by atoms with Crippen LogP contribution in [0.25, 0.3) is 0 Å². The summed E-state index contributed by atoms with van der Waals surface area (Å²) in [5.41, 5.74) is 1.46. The minimum Gasteiger partial charge on any atom is -0.481 e. The van der Waals surface area contributed by atoms with Gasteiger partial charge in [-0.15, -0.1) is 11.8 Å². The largest absolute Gasteiger partial charge is 0.481 e. The van der Waals surface area contributed by atoms with Gasteiger partial charge < -0.3 is 10.4 Å². The molecular formula is C22H28N2O3S2. The number of benzene rings is 1. The molecule has 1 aromatic heterocycles. The summed E-state index contributed by atoms with van der Waals surface area (Å²) >= 11 is 2.54. The fraction of sp³-hybridized carbons (Fsp3) is 0.500. The van der Waals surface area contributed by atoms with Gasteiger partial charge in [0.2, 0.25) is 5.91 Å². The van der Waals surface area contributed by atoms with Gasteiger partial charge in [-0.3, -0.25) is 9.59 Å². The van der Waals surface area contributed by atoms with E-state index < -0.39 is 5.97 Å². The van der Waals surface area contributed by atoms with Crippen LogP contribution in [0, 0.1) is 11.8 Å². The first-order chi connectivity index (χ1) is 14.0. The number of aliphatic carboxylic acids is 1. The highest BCUT2D eigenvalue weighted by atomic mass is 32.2. The molecule has 1 heterocycles. The molecule has 1 saturated carbocycles. The molecule has 1 aliphatic rings. The van der Waals surface area contributed by atoms with Crippen LogP contribution in [0.5, 0.6) is 0 Å². The Morgan fingerprint density at radius 2 is 1.97 bits per heavy atom. The monoisotopic (exact) mass is 432 g/mol. The van der Waals surface area contributed by atoms with Crippen molar-refractivity contribution in [2.24, 2.45) is 11.8 Å². The van der Waals surface area contributed by atoms with E-state index in [1.807, 2.05) is 0 Å². The highest BCUT2D eigenvalue weighted by Gasteiger charge is 2.26. The minimum absolute atomic E-state index is 0.000384. The number of carbonyl (C=O) groups is 2. The molecular weight excluding hydrogens is 404 g/mol. The van der Waals surface area contributed by atoms with Crippen LogP contribution in [0.1, 0.15) is 56.9 Å². The van der Waals surface area contributed by atoms with Crippen molar-refractivity contribution in [2.45, 2.75) is 55.6 Å². The topological polar surface area (TPSA) is 79.3 Å². The van der Waals surface area contributed by atoms with Crippen LogP contribution in [0.4, 0.5) is 5.13 Å². The van der Waals surface area contributed by atoms with E-state index in [2.05, 4.69) is 47.6 Å². The van der Waals surface area contributed by atoms with Crippen LogP contribution < -0.4 is 5.32 Å². The third-order valence-corrected chi connectivity index (χ3v) is 7.84. The van der Waals surface area contributed by atoms with E-state index in [0.29, 0.717) is 29.3 Å². The Kier molecular flexibility index (Phi) is 8.12. The lowest BCUT2D eigenvalue weighted by Gasteiger charge is -2.32. The summed E-state index contributed by atoms with van der Waals surface area (Å²) in [6.45, 7) is 2.27. The summed E-state index contributed by atoms with van der Waals surface area (Å²) in [6.07, 6.45) is 7.94. The number of amides is 1. The predicted molar refractivity (Wildman–Crippen MR) is 119 cm³/mol. The molecule has 3 rings (SSSR count). The third-order valence-electron chi connectivity index (χ3n) is 5.74. The molecule has 29 heavy (non-hydrogen) atoms. The first-order valence-electron chi connectivity index (χ1n) is 10.2. The van der Waals surface area contributed by atoms with Crippen LogP contribution in [-0.2, 0) is 9.59 Å². The maximum atomic E-state index is 12.3. The zero-order valence-corrected chi connectivity index (χ0v) is 18.3. The lowest BCUT2D eigenvalue weighted by Crippen LogP contribution is -2.21. The Balaban J connectivity index is 1.37. The van der Waals surface area contributed by atoms with Crippen LogP contribution in [-0.4, -0.2) is 27.7 Å². The molecule has 1 aromatic carbocycles. The Morgan fingerprint density at radius 3 is 2.66 bits per heavy atom. The van der Waals surface area contributed by atoms with Gasteiger partial charge >= 0.3 is 5.97 Å². The summed E-state index contributed by atoms with van der Waals surface area (Å²) < 4.78 is 0.797. The second-order valence-corrected chi connectivity index (χ2v) is 10.1. The summed E-state index contributed by atoms with van der Waals surface area (Å²) in [5, 5.41) is 12.1. The Hall–Kier alpha value is -1.86. The first kappa shape index (κ1) is 21.8. The zero-order chi connectivity index (χ0) is 20.6. The number of carboxylic acid groups (broad SMARTS) is 1. The van der Waals surface area contributed by atoms with E-state index in [1.165, 1.54) is 54.3 Å². The maximum Gasteiger partial charge on any atom is 0.313 e. The number of nitrogens with zero attached hydrogens (tertiary/aromatic N) is 1. The molecule has 0 spiro atoms. The number of anilines is 1. The lowest BCUT2D eigenvalue weighted by atomic mass is 9.73. The number of rotatable bonds is 9. The number of carbonyl (C=O) groups excluding carboxylic acids is 1. The van der Waals surface area contributed by atoms with Gasteiger partial charge in [-0.25, -0.2) is 4.98 Å². The van der Waals surface area contributed by atoms with Gasteiger partial charge in [-0.1, -0.05) is 48.6 Å². The minimum atomic E-state index is -0.860. The molecule has 0 aliphatic heterocycles. The fourth-order valence-electron chi connectivity index (χ4n) is 4.04. The Labute approximate surface area is 180 Å². The number of nitrogens with one attached hydrogen (secondary N) is 1. The number of hydrogen-bond acceptors (Lipinski definition) is 5. The average molecular weight is 433 g/mol. The SMILES string of the molecule is CC(CCC(=O)Nc1ncc(SCC(=O)O)s1)C1CCC(c2ccccc2)CC1. The molecule has 2 aromatic rings. The summed E-state index contributed by atoms with van der Waals surface area (Å²) in [5.74, 6) is 1.04. The summed E-state index contributed by atoms with van der Waals surface area (Å²) in [7, 11) is 0. The van der Waals surface area contributed by atoms with Gasteiger partial charge in [0.05, 0.1) is 16.2 Å². The van der Waals surface area contributed by atoms with E-state index in [1.54, 1.807) is 6.20 Å². The van der Waals surface area contributed by atoms with Crippen molar-refractivity contribution in [1.29, 1.82) is 0 Å².